The Kier molecular flexibility index (Phi) is 308. The number of carbonyl (C=O) groups is 3. The van der Waals surface area contributed by atoms with Crippen molar-refractivity contribution < 1.29 is 65.6 Å². The van der Waals surface area contributed by atoms with Crippen LogP contribution in [0.1, 0.15) is 0 Å². The van der Waals surface area contributed by atoms with Gasteiger partial charge < -0.3 is 29.7 Å². The van der Waals surface area contributed by atoms with Gasteiger partial charge in [-0.2, -0.15) is 0 Å². The fraction of sp³-hybridized carbons (Fsp3) is 0. The SMILES string of the molecule is O=C[O-].O=C[O-].O=C[O-].[Fe+2].[Li+]. The molecule has 0 aromatic rings. The van der Waals surface area contributed by atoms with Crippen molar-refractivity contribution in [2.45, 2.75) is 0 Å². The number of carbonyl (C=O) groups excluding carboxylic acids is 3. The first-order chi connectivity index (χ1) is 4.24. The summed E-state index contributed by atoms with van der Waals surface area (Å²) in [6.45, 7) is -1.50. The van der Waals surface area contributed by atoms with E-state index in [4.69, 9.17) is 29.7 Å². The van der Waals surface area contributed by atoms with Crippen LogP contribution in [-0.4, -0.2) is 19.4 Å². The van der Waals surface area contributed by atoms with Gasteiger partial charge in [-0.05, 0) is 0 Å². The van der Waals surface area contributed by atoms with E-state index in [2.05, 4.69) is 0 Å². The smallest absolute Gasteiger partial charge is 0.554 e. The Bertz CT molecular complexity index is 54.6. The zero-order chi connectivity index (χ0) is 8.12. The molecule has 0 saturated carbocycles. The van der Waals surface area contributed by atoms with Crippen molar-refractivity contribution in [2.75, 3.05) is 0 Å². The summed E-state index contributed by atoms with van der Waals surface area (Å²) in [5, 5.41) is 24.8. The molecule has 0 aliphatic rings. The van der Waals surface area contributed by atoms with E-state index in [1.54, 1.807) is 0 Å². The zero-order valence-corrected chi connectivity index (χ0v) is 6.64. The number of hydrogen-bond donors (Lipinski definition) is 0. The molecular formula is C3H3FeLiO6. The molecule has 0 radical (unpaired) electrons. The topological polar surface area (TPSA) is 120 Å². The van der Waals surface area contributed by atoms with E-state index in [1.165, 1.54) is 0 Å². The maximum Gasteiger partial charge on any atom is 2.00 e. The van der Waals surface area contributed by atoms with Crippen LogP contribution in [0.5, 0.6) is 0 Å². The van der Waals surface area contributed by atoms with Gasteiger partial charge in [-0.3, -0.25) is 0 Å². The van der Waals surface area contributed by atoms with E-state index >= 15 is 0 Å². The van der Waals surface area contributed by atoms with Crippen molar-refractivity contribution in [2.24, 2.45) is 0 Å². The molecule has 0 saturated heterocycles. The van der Waals surface area contributed by atoms with Crippen LogP contribution in [0, 0.1) is 0 Å². The summed E-state index contributed by atoms with van der Waals surface area (Å²) in [7, 11) is 0. The largest absolute Gasteiger partial charge is 2.00 e. The van der Waals surface area contributed by atoms with Crippen LogP contribution < -0.4 is 34.2 Å². The predicted octanol–water partition coefficient (Wildman–Crippen LogP) is -7.90. The predicted molar refractivity (Wildman–Crippen MR) is 18.2 cm³/mol. The van der Waals surface area contributed by atoms with Gasteiger partial charge in [-0.25, -0.2) is 0 Å². The minimum absolute atomic E-state index is 0. The molecule has 0 fully saturated rings. The van der Waals surface area contributed by atoms with Crippen molar-refractivity contribution in [3.63, 3.8) is 0 Å². The molecule has 0 rings (SSSR count). The van der Waals surface area contributed by atoms with Crippen molar-refractivity contribution >= 4 is 19.4 Å². The molecule has 0 aromatic carbocycles. The van der Waals surface area contributed by atoms with Gasteiger partial charge in [0.15, 0.2) is 0 Å². The molecule has 0 bridgehead atoms. The standard InChI is InChI=1S/3CH2O2.Fe.Li/c3*2-1-3;;/h3*1H,(H,2,3);;/q;;;+2;+1/p-3. The maximum absolute atomic E-state index is 8.25. The van der Waals surface area contributed by atoms with Crippen LogP contribution >= 0.6 is 0 Å². The van der Waals surface area contributed by atoms with Crippen LogP contribution in [0.4, 0.5) is 0 Å². The Morgan fingerprint density at radius 2 is 0.727 bits per heavy atom. The summed E-state index contributed by atoms with van der Waals surface area (Å²) in [4.78, 5) is 24.8. The van der Waals surface area contributed by atoms with Crippen molar-refractivity contribution in [1.82, 2.24) is 0 Å². The fourth-order valence-electron chi connectivity index (χ4n) is 0. The molecule has 0 spiro atoms. The zero-order valence-electron chi connectivity index (χ0n) is 5.54. The number of hydrogen-bond acceptors (Lipinski definition) is 6. The molecule has 0 heterocycles. The van der Waals surface area contributed by atoms with Crippen LogP contribution in [-0.2, 0) is 31.5 Å². The fourth-order valence-corrected chi connectivity index (χ4v) is 0. The second kappa shape index (κ2) is 108. The normalized spacial score (nSPS) is 3.27. The third-order valence-electron chi connectivity index (χ3n) is 0. The van der Waals surface area contributed by atoms with Gasteiger partial charge in [-0.1, -0.05) is 0 Å². The summed E-state index contributed by atoms with van der Waals surface area (Å²) in [6, 6.07) is 0. The molecule has 0 amide bonds. The van der Waals surface area contributed by atoms with Crippen LogP contribution in [0.2, 0.25) is 0 Å². The summed E-state index contributed by atoms with van der Waals surface area (Å²) in [6.07, 6.45) is 0. The van der Waals surface area contributed by atoms with E-state index in [1.807, 2.05) is 0 Å². The average molecular weight is 198 g/mol. The van der Waals surface area contributed by atoms with E-state index in [0.29, 0.717) is 0 Å². The van der Waals surface area contributed by atoms with Crippen LogP contribution in [0.25, 0.3) is 0 Å². The number of carboxylic acid groups (broad SMARTS) is 3. The Morgan fingerprint density at radius 3 is 0.727 bits per heavy atom. The summed E-state index contributed by atoms with van der Waals surface area (Å²) < 4.78 is 0. The molecule has 6 nitrogen and oxygen atoms in total. The van der Waals surface area contributed by atoms with Crippen LogP contribution in [0.15, 0.2) is 0 Å². The van der Waals surface area contributed by atoms with Crippen molar-refractivity contribution in [3.05, 3.63) is 0 Å². The van der Waals surface area contributed by atoms with Crippen molar-refractivity contribution in [3.8, 4) is 0 Å². The monoisotopic (exact) mass is 198 g/mol. The molecule has 0 unspecified atom stereocenters. The first-order valence-electron chi connectivity index (χ1n) is 1.41. The van der Waals surface area contributed by atoms with Gasteiger partial charge in [0.25, 0.3) is 0 Å². The molecule has 11 heavy (non-hydrogen) atoms. The van der Waals surface area contributed by atoms with Gasteiger partial charge in [-0.15, -0.1) is 0 Å². The molecule has 8 heteroatoms. The minimum Gasteiger partial charge on any atom is -0.554 e. The van der Waals surface area contributed by atoms with Gasteiger partial charge in [0, 0.05) is 19.4 Å². The average Bonchev–Trinajstić information content (AvgIpc) is 1.70. The second-order valence-electron chi connectivity index (χ2n) is 0.289. The van der Waals surface area contributed by atoms with E-state index < -0.39 is 19.4 Å². The van der Waals surface area contributed by atoms with Gasteiger partial charge in [0.1, 0.15) is 0 Å². The van der Waals surface area contributed by atoms with E-state index in [0.717, 1.165) is 0 Å². The maximum atomic E-state index is 8.25. The summed E-state index contributed by atoms with van der Waals surface area (Å²) in [5.41, 5.74) is 0. The Morgan fingerprint density at radius 1 is 0.727 bits per heavy atom. The molecule has 0 aromatic heterocycles. The third kappa shape index (κ3) is 2410. The summed E-state index contributed by atoms with van der Waals surface area (Å²) in [5.74, 6) is 0. The number of rotatable bonds is 0. The summed E-state index contributed by atoms with van der Waals surface area (Å²) >= 11 is 0. The van der Waals surface area contributed by atoms with E-state index in [9.17, 15) is 0 Å². The molecule has 0 N–H and O–H groups in total. The van der Waals surface area contributed by atoms with Gasteiger partial charge in [0.05, 0.1) is 0 Å². The first kappa shape index (κ1) is 31.3. The Labute approximate surface area is 85.2 Å². The molecular weight excluding hydrogens is 195 g/mol. The second-order valence-corrected chi connectivity index (χ2v) is 0.289. The first-order valence-corrected chi connectivity index (χ1v) is 1.41. The quantitative estimate of drug-likeness (QED) is 0.281. The minimum atomic E-state index is -0.500. The van der Waals surface area contributed by atoms with Gasteiger partial charge in [0.2, 0.25) is 0 Å². The van der Waals surface area contributed by atoms with Gasteiger partial charge >= 0.3 is 35.9 Å². The molecule has 0 aliphatic carbocycles. The van der Waals surface area contributed by atoms with Crippen LogP contribution in [0.3, 0.4) is 0 Å². The molecule has 0 atom stereocenters. The molecule has 60 valence electrons. The Hall–Kier alpha value is -0.473. The third-order valence-corrected chi connectivity index (χ3v) is 0. The molecule has 0 aliphatic heterocycles. The Balaban J connectivity index is -0.0000000150. The van der Waals surface area contributed by atoms with Crippen molar-refractivity contribution in [1.29, 1.82) is 0 Å². The van der Waals surface area contributed by atoms with E-state index in [-0.39, 0.29) is 35.9 Å².